The predicted molar refractivity (Wildman–Crippen MR) is 70.5 cm³/mol. The molecule has 1 aromatic rings. The van der Waals surface area contributed by atoms with Gasteiger partial charge in [0, 0.05) is 18.1 Å². The van der Waals surface area contributed by atoms with E-state index in [4.69, 9.17) is 15.2 Å². The van der Waals surface area contributed by atoms with E-state index in [2.05, 4.69) is 0 Å². The van der Waals surface area contributed by atoms with Crippen LogP contribution in [0, 0.1) is 16.0 Å². The minimum atomic E-state index is -0.471. The van der Waals surface area contributed by atoms with Crippen LogP contribution in [0.2, 0.25) is 0 Å². The molecule has 0 radical (unpaired) electrons. The lowest BCUT2D eigenvalue weighted by molar-refractivity contribution is -0.385. The quantitative estimate of drug-likeness (QED) is 0.651. The van der Waals surface area contributed by atoms with Gasteiger partial charge >= 0.3 is 5.69 Å². The van der Waals surface area contributed by atoms with E-state index >= 15 is 0 Å². The van der Waals surface area contributed by atoms with Crippen molar-refractivity contribution in [3.8, 4) is 11.5 Å². The molecule has 1 saturated carbocycles. The van der Waals surface area contributed by atoms with Gasteiger partial charge in [-0.15, -0.1) is 0 Å². The monoisotopic (exact) mass is 266 g/mol. The lowest BCUT2D eigenvalue weighted by Gasteiger charge is -2.20. The summed E-state index contributed by atoms with van der Waals surface area (Å²) in [5.41, 5.74) is 5.65. The standard InChI is InChI=1S/C13H18N2O4/c1-18-13-7-10(5-6-11(13)15(16)17)19-12-4-2-3-9(12)8-14/h5-7,9,12H,2-4,8,14H2,1H3. The van der Waals surface area contributed by atoms with Crippen LogP contribution in [0.4, 0.5) is 5.69 Å². The molecule has 0 bridgehead atoms. The van der Waals surface area contributed by atoms with Crippen molar-refractivity contribution in [3.05, 3.63) is 28.3 Å². The van der Waals surface area contributed by atoms with Crippen molar-refractivity contribution < 1.29 is 14.4 Å². The maximum absolute atomic E-state index is 10.8. The van der Waals surface area contributed by atoms with Crippen molar-refractivity contribution in [3.63, 3.8) is 0 Å². The minimum absolute atomic E-state index is 0.0587. The topological polar surface area (TPSA) is 87.6 Å². The summed E-state index contributed by atoms with van der Waals surface area (Å²) in [6.07, 6.45) is 3.25. The Morgan fingerprint density at radius 3 is 2.89 bits per heavy atom. The number of nitrogens with zero attached hydrogens (tertiary/aromatic N) is 1. The van der Waals surface area contributed by atoms with Crippen molar-refractivity contribution in [1.29, 1.82) is 0 Å². The molecule has 0 aliphatic heterocycles. The summed E-state index contributed by atoms with van der Waals surface area (Å²) in [4.78, 5) is 10.3. The highest BCUT2D eigenvalue weighted by molar-refractivity contribution is 5.50. The summed E-state index contributed by atoms with van der Waals surface area (Å²) in [7, 11) is 1.41. The fourth-order valence-corrected chi connectivity index (χ4v) is 2.48. The molecule has 2 rings (SSSR count). The molecule has 2 N–H and O–H groups in total. The lowest BCUT2D eigenvalue weighted by Crippen LogP contribution is -2.27. The summed E-state index contributed by atoms with van der Waals surface area (Å²) in [6.45, 7) is 0.606. The third-order valence-electron chi connectivity index (χ3n) is 3.53. The molecule has 0 saturated heterocycles. The highest BCUT2D eigenvalue weighted by Crippen LogP contribution is 2.34. The molecule has 0 amide bonds. The number of nitro groups is 1. The number of hydrogen-bond acceptors (Lipinski definition) is 5. The van der Waals surface area contributed by atoms with Gasteiger partial charge < -0.3 is 15.2 Å². The van der Waals surface area contributed by atoms with Crippen molar-refractivity contribution in [2.75, 3.05) is 13.7 Å². The Kier molecular flexibility index (Phi) is 4.21. The molecule has 1 aromatic carbocycles. The van der Waals surface area contributed by atoms with Crippen LogP contribution in [-0.2, 0) is 0 Å². The van der Waals surface area contributed by atoms with Gasteiger partial charge in [-0.3, -0.25) is 10.1 Å². The summed E-state index contributed by atoms with van der Waals surface area (Å²) < 4.78 is 10.9. The fourth-order valence-electron chi connectivity index (χ4n) is 2.48. The summed E-state index contributed by atoms with van der Waals surface area (Å²) in [5.74, 6) is 1.17. The summed E-state index contributed by atoms with van der Waals surface area (Å²) in [5, 5.41) is 10.8. The molecule has 6 nitrogen and oxygen atoms in total. The van der Waals surface area contributed by atoms with Gasteiger partial charge in [-0.25, -0.2) is 0 Å². The second-order valence-electron chi connectivity index (χ2n) is 4.67. The Balaban J connectivity index is 2.15. The molecule has 2 atom stereocenters. The van der Waals surface area contributed by atoms with Gasteiger partial charge in [-0.2, -0.15) is 0 Å². The van der Waals surface area contributed by atoms with E-state index in [0.717, 1.165) is 19.3 Å². The average Bonchev–Trinajstić information content (AvgIpc) is 2.85. The summed E-state index contributed by atoms with van der Waals surface area (Å²) >= 11 is 0. The number of methoxy groups -OCH3 is 1. The smallest absolute Gasteiger partial charge is 0.311 e. The van der Waals surface area contributed by atoms with Gasteiger partial charge in [-0.1, -0.05) is 0 Å². The Morgan fingerprint density at radius 2 is 2.26 bits per heavy atom. The number of nitrogens with two attached hydrogens (primary N) is 1. The maximum Gasteiger partial charge on any atom is 0.311 e. The third-order valence-corrected chi connectivity index (χ3v) is 3.53. The number of rotatable bonds is 5. The number of benzene rings is 1. The van der Waals surface area contributed by atoms with Crippen LogP contribution in [0.5, 0.6) is 11.5 Å². The van der Waals surface area contributed by atoms with Gasteiger partial charge in [0.25, 0.3) is 0 Å². The first-order valence-corrected chi connectivity index (χ1v) is 6.35. The van der Waals surface area contributed by atoms with Gasteiger partial charge in [0.15, 0.2) is 0 Å². The van der Waals surface area contributed by atoms with Crippen LogP contribution in [0.3, 0.4) is 0 Å². The van der Waals surface area contributed by atoms with Crippen molar-refractivity contribution in [1.82, 2.24) is 0 Å². The second-order valence-corrected chi connectivity index (χ2v) is 4.67. The Morgan fingerprint density at radius 1 is 1.47 bits per heavy atom. The van der Waals surface area contributed by atoms with E-state index in [1.54, 1.807) is 12.1 Å². The highest BCUT2D eigenvalue weighted by atomic mass is 16.6. The molecular weight excluding hydrogens is 248 g/mol. The van der Waals surface area contributed by atoms with Crippen LogP contribution in [0.25, 0.3) is 0 Å². The first kappa shape index (κ1) is 13.6. The zero-order valence-electron chi connectivity index (χ0n) is 10.9. The lowest BCUT2D eigenvalue weighted by atomic mass is 10.1. The number of nitro benzene ring substituents is 1. The van der Waals surface area contributed by atoms with E-state index in [0.29, 0.717) is 18.2 Å². The first-order valence-electron chi connectivity index (χ1n) is 6.35. The SMILES string of the molecule is COc1cc(OC2CCCC2CN)ccc1[N+](=O)[O-]. The van der Waals surface area contributed by atoms with Crippen molar-refractivity contribution in [2.45, 2.75) is 25.4 Å². The zero-order chi connectivity index (χ0) is 13.8. The van der Waals surface area contributed by atoms with Crippen molar-refractivity contribution >= 4 is 5.69 Å². The molecule has 1 aliphatic rings. The second kappa shape index (κ2) is 5.88. The molecule has 2 unspecified atom stereocenters. The van der Waals surface area contributed by atoms with Crippen molar-refractivity contribution in [2.24, 2.45) is 11.7 Å². The molecule has 1 fully saturated rings. The van der Waals surface area contributed by atoms with Crippen LogP contribution in [0.1, 0.15) is 19.3 Å². The first-order chi connectivity index (χ1) is 9.15. The number of hydrogen-bond donors (Lipinski definition) is 1. The largest absolute Gasteiger partial charge is 0.490 e. The normalized spacial score (nSPS) is 22.2. The third kappa shape index (κ3) is 2.96. The number of ether oxygens (including phenoxy) is 2. The Labute approximate surface area is 111 Å². The molecule has 19 heavy (non-hydrogen) atoms. The van der Waals surface area contributed by atoms with E-state index in [-0.39, 0.29) is 17.5 Å². The van der Waals surface area contributed by atoms with Gasteiger partial charge in [0.2, 0.25) is 5.75 Å². The van der Waals surface area contributed by atoms with E-state index in [1.807, 2.05) is 0 Å². The summed E-state index contributed by atoms with van der Waals surface area (Å²) in [6, 6.07) is 4.57. The van der Waals surface area contributed by atoms with Gasteiger partial charge in [0.05, 0.1) is 12.0 Å². The Bertz CT molecular complexity index is 464. The van der Waals surface area contributed by atoms with Gasteiger partial charge in [0.1, 0.15) is 11.9 Å². The molecule has 1 aliphatic carbocycles. The van der Waals surface area contributed by atoms with Crippen LogP contribution in [-0.4, -0.2) is 24.7 Å². The molecule has 104 valence electrons. The zero-order valence-corrected chi connectivity index (χ0v) is 10.9. The van der Waals surface area contributed by atoms with Crippen LogP contribution < -0.4 is 15.2 Å². The molecule has 0 aromatic heterocycles. The van der Waals surface area contributed by atoms with E-state index in [1.165, 1.54) is 13.2 Å². The molecule has 6 heteroatoms. The minimum Gasteiger partial charge on any atom is -0.490 e. The van der Waals surface area contributed by atoms with E-state index in [9.17, 15) is 10.1 Å². The van der Waals surface area contributed by atoms with Crippen LogP contribution >= 0.6 is 0 Å². The van der Waals surface area contributed by atoms with Gasteiger partial charge in [-0.05, 0) is 31.9 Å². The molecule has 0 spiro atoms. The fraction of sp³-hybridized carbons (Fsp3) is 0.538. The van der Waals surface area contributed by atoms with E-state index < -0.39 is 4.92 Å². The highest BCUT2D eigenvalue weighted by Gasteiger charge is 2.28. The van der Waals surface area contributed by atoms with Crippen LogP contribution in [0.15, 0.2) is 18.2 Å². The molecular formula is C13H18N2O4. The average molecular weight is 266 g/mol. The molecule has 0 heterocycles. The maximum atomic E-state index is 10.8. The Hall–Kier alpha value is -1.82. The predicted octanol–water partition coefficient (Wildman–Crippen LogP) is 2.11.